The quantitative estimate of drug-likeness (QED) is 0.773. The van der Waals surface area contributed by atoms with Crippen molar-refractivity contribution in [3.63, 3.8) is 0 Å². The van der Waals surface area contributed by atoms with E-state index in [1.165, 1.54) is 38.0 Å². The Morgan fingerprint density at radius 1 is 0.964 bits per heavy atom. The number of pyridine rings is 1. The molecule has 2 saturated heterocycles. The van der Waals surface area contributed by atoms with Gasteiger partial charge < -0.3 is 9.47 Å². The third kappa shape index (κ3) is 3.32. The first-order valence-electron chi connectivity index (χ1n) is 10.5. The molecule has 5 heteroatoms. The van der Waals surface area contributed by atoms with Crippen LogP contribution in [0, 0.1) is 5.92 Å². The Labute approximate surface area is 171 Å². The van der Waals surface area contributed by atoms with Crippen LogP contribution in [-0.4, -0.2) is 53.6 Å². The van der Waals surface area contributed by atoms with E-state index in [0.29, 0.717) is 22.9 Å². The minimum Gasteiger partial charge on any atom is -0.311 e. The molecule has 2 aromatic rings. The first-order chi connectivity index (χ1) is 13.6. The maximum atomic E-state index is 13.3. The molecule has 4 nitrogen and oxygen atoms in total. The number of nitrogens with zero attached hydrogens (tertiary/aromatic N) is 3. The second-order valence-electron chi connectivity index (χ2n) is 8.88. The molecule has 2 atom stereocenters. The summed E-state index contributed by atoms with van der Waals surface area (Å²) < 4.78 is 2.06. The molecule has 3 aliphatic heterocycles. The number of hydrogen-bond donors (Lipinski definition) is 0. The molecule has 0 radical (unpaired) electrons. The summed E-state index contributed by atoms with van der Waals surface area (Å²) in [4.78, 5) is 18.4. The average Bonchev–Trinajstić information content (AvgIpc) is 2.70. The molecule has 0 amide bonds. The molecule has 0 N–H and O–H groups in total. The SMILES string of the molecule is CN1CCC(N2C[C@H]3C[C@H](C2)c2ccc(-c4ccc(Cl)cc4)c(=O)n2C3)CC1. The number of rotatable bonds is 2. The topological polar surface area (TPSA) is 28.5 Å². The molecular formula is C23H28ClN3O. The average molecular weight is 398 g/mol. The first-order valence-corrected chi connectivity index (χ1v) is 10.9. The van der Waals surface area contributed by atoms with E-state index in [2.05, 4.69) is 27.5 Å². The van der Waals surface area contributed by atoms with Crippen molar-refractivity contribution in [1.29, 1.82) is 0 Å². The van der Waals surface area contributed by atoms with Crippen molar-refractivity contribution >= 4 is 11.6 Å². The highest BCUT2D eigenvalue weighted by atomic mass is 35.5. The normalized spacial score (nSPS) is 26.2. The Balaban J connectivity index is 1.42. The van der Waals surface area contributed by atoms with Gasteiger partial charge >= 0.3 is 0 Å². The van der Waals surface area contributed by atoms with E-state index in [1.54, 1.807) is 0 Å². The second kappa shape index (κ2) is 7.33. The Morgan fingerprint density at radius 2 is 1.71 bits per heavy atom. The molecule has 2 bridgehead atoms. The van der Waals surface area contributed by atoms with Gasteiger partial charge in [-0.05, 0) is 75.1 Å². The molecule has 0 spiro atoms. The summed E-state index contributed by atoms with van der Waals surface area (Å²) >= 11 is 6.01. The standard InChI is InChI=1S/C23H28ClN3O/c1-25-10-8-20(9-11-25)26-13-16-12-18(15-26)22-7-6-21(23(28)27(22)14-16)17-2-4-19(24)5-3-17/h2-7,16,18,20H,8-15H2,1H3/t16-,18-/m1/s1. The third-order valence-electron chi connectivity index (χ3n) is 6.99. The van der Waals surface area contributed by atoms with Crippen molar-refractivity contribution in [2.45, 2.75) is 37.8 Å². The zero-order valence-electron chi connectivity index (χ0n) is 16.5. The predicted molar refractivity (Wildman–Crippen MR) is 114 cm³/mol. The van der Waals surface area contributed by atoms with E-state index >= 15 is 0 Å². The Bertz CT molecular complexity index is 914. The van der Waals surface area contributed by atoms with Crippen molar-refractivity contribution in [2.24, 2.45) is 5.92 Å². The van der Waals surface area contributed by atoms with Crippen LogP contribution < -0.4 is 5.56 Å². The van der Waals surface area contributed by atoms with Crippen molar-refractivity contribution in [3.05, 3.63) is 57.5 Å². The van der Waals surface area contributed by atoms with Crippen LogP contribution in [0.5, 0.6) is 0 Å². The number of likely N-dealkylation sites (tertiary alicyclic amines) is 2. The van der Waals surface area contributed by atoms with E-state index in [4.69, 9.17) is 11.6 Å². The van der Waals surface area contributed by atoms with Crippen LogP contribution in [0.15, 0.2) is 41.2 Å². The van der Waals surface area contributed by atoms with E-state index in [-0.39, 0.29) is 5.56 Å². The van der Waals surface area contributed by atoms with Crippen molar-refractivity contribution in [1.82, 2.24) is 14.4 Å². The van der Waals surface area contributed by atoms with Crippen LogP contribution in [0.25, 0.3) is 11.1 Å². The molecule has 5 rings (SSSR count). The van der Waals surface area contributed by atoms with Gasteiger partial charge in [0.2, 0.25) is 0 Å². The molecule has 0 saturated carbocycles. The van der Waals surface area contributed by atoms with Gasteiger partial charge in [-0.3, -0.25) is 9.69 Å². The van der Waals surface area contributed by atoms with Gasteiger partial charge in [-0.2, -0.15) is 0 Å². The largest absolute Gasteiger partial charge is 0.311 e. The summed E-state index contributed by atoms with van der Waals surface area (Å²) in [7, 11) is 2.22. The highest BCUT2D eigenvalue weighted by molar-refractivity contribution is 6.30. The summed E-state index contributed by atoms with van der Waals surface area (Å²) in [5.74, 6) is 1.07. The summed E-state index contributed by atoms with van der Waals surface area (Å²) in [6, 6.07) is 12.5. The van der Waals surface area contributed by atoms with Gasteiger partial charge in [0.15, 0.2) is 0 Å². The highest BCUT2D eigenvalue weighted by Crippen LogP contribution is 2.37. The Hall–Kier alpha value is -1.62. The molecular weight excluding hydrogens is 370 g/mol. The molecule has 4 heterocycles. The van der Waals surface area contributed by atoms with Crippen LogP contribution in [-0.2, 0) is 6.54 Å². The molecule has 0 unspecified atom stereocenters. The van der Waals surface area contributed by atoms with E-state index in [0.717, 1.165) is 30.8 Å². The van der Waals surface area contributed by atoms with Gasteiger partial charge in [-0.25, -0.2) is 0 Å². The molecule has 1 aromatic carbocycles. The van der Waals surface area contributed by atoms with Crippen LogP contribution in [0.1, 0.15) is 30.9 Å². The number of benzene rings is 1. The van der Waals surface area contributed by atoms with Crippen LogP contribution in [0.4, 0.5) is 0 Å². The first kappa shape index (κ1) is 18.4. The van der Waals surface area contributed by atoms with Crippen LogP contribution in [0.3, 0.4) is 0 Å². The number of hydrogen-bond acceptors (Lipinski definition) is 3. The lowest BCUT2D eigenvalue weighted by atomic mass is 9.81. The minimum atomic E-state index is 0.155. The molecule has 1 aromatic heterocycles. The zero-order valence-corrected chi connectivity index (χ0v) is 17.2. The second-order valence-corrected chi connectivity index (χ2v) is 9.32. The van der Waals surface area contributed by atoms with Gasteiger partial charge in [0.1, 0.15) is 0 Å². The van der Waals surface area contributed by atoms with Gasteiger partial charge in [0.05, 0.1) is 0 Å². The number of piperidine rings is 2. The zero-order chi connectivity index (χ0) is 19.3. The fraction of sp³-hybridized carbons (Fsp3) is 0.522. The van der Waals surface area contributed by atoms with Crippen molar-refractivity contribution in [3.8, 4) is 11.1 Å². The summed E-state index contributed by atoms with van der Waals surface area (Å²) in [6.45, 7) is 5.51. The van der Waals surface area contributed by atoms with E-state index < -0.39 is 0 Å². The van der Waals surface area contributed by atoms with Crippen molar-refractivity contribution < 1.29 is 0 Å². The summed E-state index contributed by atoms with van der Waals surface area (Å²) in [5.41, 5.74) is 3.12. The molecule has 28 heavy (non-hydrogen) atoms. The number of halogens is 1. The van der Waals surface area contributed by atoms with Crippen LogP contribution >= 0.6 is 11.6 Å². The van der Waals surface area contributed by atoms with Gasteiger partial charge in [0, 0.05) is 47.9 Å². The fourth-order valence-electron chi connectivity index (χ4n) is 5.49. The molecule has 3 aliphatic rings. The highest BCUT2D eigenvalue weighted by Gasteiger charge is 2.37. The summed E-state index contributed by atoms with van der Waals surface area (Å²) in [5, 5.41) is 0.699. The fourth-order valence-corrected chi connectivity index (χ4v) is 5.62. The van der Waals surface area contributed by atoms with Gasteiger partial charge in [-0.15, -0.1) is 0 Å². The lowest BCUT2D eigenvalue weighted by Gasteiger charge is -2.47. The molecule has 2 fully saturated rings. The minimum absolute atomic E-state index is 0.155. The maximum Gasteiger partial charge on any atom is 0.258 e. The van der Waals surface area contributed by atoms with Gasteiger partial charge in [-0.1, -0.05) is 23.7 Å². The van der Waals surface area contributed by atoms with Crippen molar-refractivity contribution in [2.75, 3.05) is 33.2 Å². The monoisotopic (exact) mass is 397 g/mol. The maximum absolute atomic E-state index is 13.3. The number of aromatic nitrogens is 1. The van der Waals surface area contributed by atoms with E-state index in [1.807, 2.05) is 30.3 Å². The Morgan fingerprint density at radius 3 is 2.46 bits per heavy atom. The lowest BCUT2D eigenvalue weighted by molar-refractivity contribution is 0.0517. The molecule has 0 aliphatic carbocycles. The number of fused-ring (bicyclic) bond motifs is 4. The molecule has 148 valence electrons. The van der Waals surface area contributed by atoms with Gasteiger partial charge in [0.25, 0.3) is 5.56 Å². The lowest BCUT2D eigenvalue weighted by Crippen LogP contribution is -2.53. The van der Waals surface area contributed by atoms with Crippen LogP contribution in [0.2, 0.25) is 5.02 Å². The third-order valence-corrected chi connectivity index (χ3v) is 7.24. The summed E-state index contributed by atoms with van der Waals surface area (Å²) in [6.07, 6.45) is 3.78. The predicted octanol–water partition coefficient (Wildman–Crippen LogP) is 3.68. The van der Waals surface area contributed by atoms with E-state index in [9.17, 15) is 4.79 Å². The smallest absolute Gasteiger partial charge is 0.258 e. The Kier molecular flexibility index (Phi) is 4.82.